The van der Waals surface area contributed by atoms with Crippen LogP contribution in [0.2, 0.25) is 0 Å². The molecular weight excluding hydrogens is 312 g/mol. The van der Waals surface area contributed by atoms with E-state index >= 15 is 0 Å². The third kappa shape index (κ3) is 3.48. The zero-order valence-corrected chi connectivity index (χ0v) is 13.1. The van der Waals surface area contributed by atoms with Crippen LogP contribution in [0, 0.1) is 0 Å². The Morgan fingerprint density at radius 2 is 2.08 bits per heavy atom. The fourth-order valence-corrected chi connectivity index (χ4v) is 2.25. The average Bonchev–Trinajstić information content (AvgIpc) is 3.08. The van der Waals surface area contributed by atoms with Gasteiger partial charge in [0.1, 0.15) is 12.3 Å². The maximum atomic E-state index is 11.9. The molecule has 0 spiro atoms. The summed E-state index contributed by atoms with van der Waals surface area (Å²) in [5.74, 6) is -0.0571. The van der Waals surface area contributed by atoms with Crippen LogP contribution in [-0.4, -0.2) is 45.9 Å². The number of amides is 1. The first-order valence-electron chi connectivity index (χ1n) is 7.60. The van der Waals surface area contributed by atoms with Crippen LogP contribution in [-0.2, 0) is 14.3 Å². The topological polar surface area (TPSA) is 97.9 Å². The molecule has 0 N–H and O–H groups in total. The van der Waals surface area contributed by atoms with Crippen LogP contribution < -0.4 is 0 Å². The molecule has 1 aliphatic rings. The second-order valence-corrected chi connectivity index (χ2v) is 5.09. The van der Waals surface area contributed by atoms with Gasteiger partial charge in [0, 0.05) is 18.4 Å². The molecule has 0 fully saturated rings. The Morgan fingerprint density at radius 3 is 2.83 bits per heavy atom. The lowest BCUT2D eigenvalue weighted by Gasteiger charge is -2.21. The first kappa shape index (κ1) is 15.9. The summed E-state index contributed by atoms with van der Waals surface area (Å²) in [5.41, 5.74) is 1.30. The summed E-state index contributed by atoms with van der Waals surface area (Å²) in [7, 11) is 0. The highest BCUT2D eigenvalue weighted by molar-refractivity contribution is 6.01. The second kappa shape index (κ2) is 7.03. The molecule has 124 valence electrons. The van der Waals surface area contributed by atoms with Crippen molar-refractivity contribution in [3.8, 4) is 11.4 Å². The maximum Gasteiger partial charge on any atom is 0.327 e. The van der Waals surface area contributed by atoms with E-state index in [2.05, 4.69) is 15.2 Å². The zero-order chi connectivity index (χ0) is 16.9. The molecule has 0 bridgehead atoms. The van der Waals surface area contributed by atoms with Crippen molar-refractivity contribution in [2.75, 3.05) is 13.2 Å². The van der Waals surface area contributed by atoms with E-state index < -0.39 is 5.97 Å². The summed E-state index contributed by atoms with van der Waals surface area (Å²) in [6, 6.07) is 9.39. The fraction of sp³-hybridized carbons (Fsp3) is 0.312. The molecule has 0 unspecified atom stereocenters. The standard InChI is InChI=1S/C16H16N4O4/c1-2-23-14(22)10-20-13(21)9-8-12(18-20)16-17-15(19-24-16)11-6-4-3-5-7-11/h3-7H,2,8-10H2,1H3. The predicted molar refractivity (Wildman–Crippen MR) is 83.9 cm³/mol. The molecule has 1 aromatic heterocycles. The molecule has 2 aromatic rings. The first-order chi connectivity index (χ1) is 11.7. The SMILES string of the molecule is CCOC(=O)CN1N=C(c2nc(-c3ccccc3)no2)CCC1=O. The van der Waals surface area contributed by atoms with Crippen LogP contribution in [0.3, 0.4) is 0 Å². The second-order valence-electron chi connectivity index (χ2n) is 5.09. The van der Waals surface area contributed by atoms with Gasteiger partial charge < -0.3 is 9.26 Å². The molecule has 1 aliphatic heterocycles. The lowest BCUT2D eigenvalue weighted by atomic mass is 10.1. The highest BCUT2D eigenvalue weighted by Gasteiger charge is 2.26. The molecule has 3 rings (SSSR count). The Kier molecular flexibility index (Phi) is 4.64. The number of aromatic nitrogens is 2. The van der Waals surface area contributed by atoms with Crippen molar-refractivity contribution >= 4 is 17.6 Å². The van der Waals surface area contributed by atoms with Gasteiger partial charge >= 0.3 is 5.97 Å². The largest absolute Gasteiger partial charge is 0.465 e. The molecule has 8 nitrogen and oxygen atoms in total. The van der Waals surface area contributed by atoms with Gasteiger partial charge in [0.05, 0.1) is 6.61 Å². The minimum atomic E-state index is -0.508. The summed E-state index contributed by atoms with van der Waals surface area (Å²) in [4.78, 5) is 27.8. The van der Waals surface area contributed by atoms with Gasteiger partial charge in [0.25, 0.3) is 5.89 Å². The highest BCUT2D eigenvalue weighted by atomic mass is 16.5. The van der Waals surface area contributed by atoms with Gasteiger partial charge in [-0.3, -0.25) is 9.59 Å². The van der Waals surface area contributed by atoms with Crippen molar-refractivity contribution < 1.29 is 18.8 Å². The van der Waals surface area contributed by atoms with E-state index in [9.17, 15) is 9.59 Å². The molecule has 24 heavy (non-hydrogen) atoms. The van der Waals surface area contributed by atoms with Crippen molar-refractivity contribution in [2.24, 2.45) is 5.10 Å². The summed E-state index contributed by atoms with van der Waals surface area (Å²) in [6.07, 6.45) is 0.607. The summed E-state index contributed by atoms with van der Waals surface area (Å²) < 4.78 is 10.1. The Bertz CT molecular complexity index is 769. The molecule has 1 aromatic carbocycles. The summed E-state index contributed by atoms with van der Waals surface area (Å²) >= 11 is 0. The normalized spacial score (nSPS) is 14.5. The van der Waals surface area contributed by atoms with E-state index in [4.69, 9.17) is 9.26 Å². The maximum absolute atomic E-state index is 11.9. The van der Waals surface area contributed by atoms with E-state index in [1.807, 2.05) is 30.3 Å². The Balaban J connectivity index is 1.80. The third-order valence-electron chi connectivity index (χ3n) is 3.39. The Labute approximate surface area is 138 Å². The minimum Gasteiger partial charge on any atom is -0.465 e. The monoisotopic (exact) mass is 328 g/mol. The highest BCUT2D eigenvalue weighted by Crippen LogP contribution is 2.18. The van der Waals surface area contributed by atoms with E-state index in [0.29, 0.717) is 18.0 Å². The fourth-order valence-electron chi connectivity index (χ4n) is 2.25. The molecule has 0 saturated carbocycles. The van der Waals surface area contributed by atoms with Crippen LogP contribution in [0.1, 0.15) is 25.7 Å². The van der Waals surface area contributed by atoms with Crippen LogP contribution in [0.25, 0.3) is 11.4 Å². The van der Waals surface area contributed by atoms with Crippen molar-refractivity contribution in [2.45, 2.75) is 19.8 Å². The number of esters is 1. The van der Waals surface area contributed by atoms with Gasteiger partial charge in [-0.25, -0.2) is 5.01 Å². The molecule has 8 heteroatoms. The van der Waals surface area contributed by atoms with Crippen LogP contribution in [0.5, 0.6) is 0 Å². The van der Waals surface area contributed by atoms with Crippen molar-refractivity contribution in [1.29, 1.82) is 0 Å². The average molecular weight is 328 g/mol. The number of hydrazone groups is 1. The van der Waals surface area contributed by atoms with Crippen LogP contribution >= 0.6 is 0 Å². The number of carbonyl (C=O) groups excluding carboxylic acids is 2. The number of hydrogen-bond acceptors (Lipinski definition) is 7. The van der Waals surface area contributed by atoms with Crippen molar-refractivity contribution in [3.05, 3.63) is 36.2 Å². The smallest absolute Gasteiger partial charge is 0.327 e. The van der Waals surface area contributed by atoms with Crippen molar-refractivity contribution in [3.63, 3.8) is 0 Å². The predicted octanol–water partition coefficient (Wildman–Crippen LogP) is 1.63. The van der Waals surface area contributed by atoms with E-state index in [0.717, 1.165) is 10.6 Å². The minimum absolute atomic E-state index is 0.224. The molecule has 0 saturated heterocycles. The first-order valence-corrected chi connectivity index (χ1v) is 7.60. The summed E-state index contributed by atoms with van der Waals surface area (Å²) in [5, 5.41) is 9.19. The van der Waals surface area contributed by atoms with E-state index in [1.54, 1.807) is 6.92 Å². The van der Waals surface area contributed by atoms with Gasteiger partial charge in [-0.2, -0.15) is 10.1 Å². The van der Waals surface area contributed by atoms with Gasteiger partial charge in [0.2, 0.25) is 11.7 Å². The molecule has 0 aliphatic carbocycles. The molecular formula is C16H16N4O4. The molecule has 2 heterocycles. The van der Waals surface area contributed by atoms with Gasteiger partial charge in [0.15, 0.2) is 0 Å². The number of carbonyl (C=O) groups is 2. The number of benzene rings is 1. The van der Waals surface area contributed by atoms with Gasteiger partial charge in [-0.1, -0.05) is 35.5 Å². The van der Waals surface area contributed by atoms with E-state index in [-0.39, 0.29) is 31.4 Å². The van der Waals surface area contributed by atoms with Crippen molar-refractivity contribution in [1.82, 2.24) is 15.1 Å². The molecule has 1 amide bonds. The third-order valence-corrected chi connectivity index (χ3v) is 3.39. The van der Waals surface area contributed by atoms with Gasteiger partial charge in [-0.05, 0) is 6.92 Å². The summed E-state index contributed by atoms with van der Waals surface area (Å²) in [6.45, 7) is 1.73. The van der Waals surface area contributed by atoms with Gasteiger partial charge in [-0.15, -0.1) is 0 Å². The lowest BCUT2D eigenvalue weighted by molar-refractivity contribution is -0.149. The molecule has 0 atom stereocenters. The number of nitrogens with zero attached hydrogens (tertiary/aromatic N) is 4. The quantitative estimate of drug-likeness (QED) is 0.774. The number of ether oxygens (including phenoxy) is 1. The zero-order valence-electron chi connectivity index (χ0n) is 13.1. The number of rotatable bonds is 5. The molecule has 0 radical (unpaired) electrons. The Hall–Kier alpha value is -3.03. The lowest BCUT2D eigenvalue weighted by Crippen LogP contribution is -2.36. The Morgan fingerprint density at radius 1 is 1.29 bits per heavy atom. The van der Waals surface area contributed by atoms with Crippen LogP contribution in [0.4, 0.5) is 0 Å². The number of hydrogen-bond donors (Lipinski definition) is 0. The van der Waals surface area contributed by atoms with E-state index in [1.165, 1.54) is 0 Å². The van der Waals surface area contributed by atoms with Crippen LogP contribution in [0.15, 0.2) is 40.0 Å².